The number of phenols is 1. The number of nitrogens with one attached hydrogen (secondary N) is 1. The van der Waals surface area contributed by atoms with Gasteiger partial charge >= 0.3 is 6.01 Å². The number of halogens is 3. The van der Waals surface area contributed by atoms with E-state index in [0.29, 0.717) is 42.6 Å². The van der Waals surface area contributed by atoms with Crippen LogP contribution in [0.2, 0.25) is 0 Å². The third kappa shape index (κ3) is 4.69. The maximum absolute atomic E-state index is 16.6. The summed E-state index contributed by atoms with van der Waals surface area (Å²) in [4.78, 5) is 17.7. The van der Waals surface area contributed by atoms with Gasteiger partial charge in [-0.15, -0.1) is 6.42 Å². The quantitative estimate of drug-likeness (QED) is 0.328. The second-order valence-corrected chi connectivity index (χ2v) is 12.2. The molecule has 3 saturated heterocycles. The highest BCUT2D eigenvalue weighted by Crippen LogP contribution is 2.39. The molecule has 11 heteroatoms. The van der Waals surface area contributed by atoms with Crippen LogP contribution in [0.3, 0.4) is 0 Å². The first-order valence-corrected chi connectivity index (χ1v) is 14.4. The summed E-state index contributed by atoms with van der Waals surface area (Å²) in [5, 5.41) is 15.2. The molecule has 2 N–H and O–H groups in total. The number of piperazine rings is 1. The predicted molar refractivity (Wildman–Crippen MR) is 158 cm³/mol. The van der Waals surface area contributed by atoms with E-state index in [9.17, 15) is 13.9 Å². The summed E-state index contributed by atoms with van der Waals surface area (Å²) in [6.07, 6.45) is 8.56. The van der Waals surface area contributed by atoms with Gasteiger partial charge in [-0.25, -0.2) is 13.2 Å². The number of likely N-dealkylation sites (N-methyl/N-ethyl adjacent to an activating group) is 1. The van der Waals surface area contributed by atoms with Crippen molar-refractivity contribution in [2.24, 2.45) is 0 Å². The molecule has 0 unspecified atom stereocenters. The summed E-state index contributed by atoms with van der Waals surface area (Å²) in [7, 11) is 1.84. The minimum atomic E-state index is -0.969. The molecule has 3 aliphatic rings. The Bertz CT molecular complexity index is 1800. The number of nitrogens with zero attached hydrogens (tertiary/aromatic N) is 5. The number of likely N-dealkylation sites (tertiary alicyclic amines) is 1. The Morgan fingerprint density at radius 3 is 2.63 bits per heavy atom. The van der Waals surface area contributed by atoms with Gasteiger partial charge in [0.05, 0.1) is 16.5 Å². The van der Waals surface area contributed by atoms with E-state index in [-0.39, 0.29) is 58.2 Å². The molecule has 0 amide bonds. The lowest BCUT2D eigenvalue weighted by Gasteiger charge is -2.34. The Hall–Kier alpha value is -4.14. The maximum Gasteiger partial charge on any atom is 0.319 e. The molecule has 2 aromatic carbocycles. The molecule has 0 spiro atoms. The average Bonchev–Trinajstić information content (AvgIpc) is 3.46. The first-order valence-electron chi connectivity index (χ1n) is 14.4. The van der Waals surface area contributed by atoms with Gasteiger partial charge in [0.15, 0.2) is 5.82 Å². The van der Waals surface area contributed by atoms with Crippen LogP contribution in [0.1, 0.15) is 31.7 Å². The zero-order valence-electron chi connectivity index (χ0n) is 23.9. The third-order valence-electron chi connectivity index (χ3n) is 9.18. The highest BCUT2D eigenvalue weighted by Gasteiger charge is 2.41. The van der Waals surface area contributed by atoms with Gasteiger partial charge in [-0.1, -0.05) is 12.0 Å². The van der Waals surface area contributed by atoms with Gasteiger partial charge in [-0.05, 0) is 50.4 Å². The lowest BCUT2D eigenvalue weighted by molar-refractivity contribution is 0.108. The summed E-state index contributed by atoms with van der Waals surface area (Å²) in [6, 6.07) is 5.98. The number of aromatic nitrogens is 3. The Labute approximate surface area is 246 Å². The predicted octanol–water partition coefficient (Wildman–Crippen LogP) is 4.56. The zero-order valence-corrected chi connectivity index (χ0v) is 23.9. The van der Waals surface area contributed by atoms with Crippen LogP contribution in [0.15, 0.2) is 30.5 Å². The Morgan fingerprint density at radius 1 is 1.16 bits per heavy atom. The smallest absolute Gasteiger partial charge is 0.319 e. The summed E-state index contributed by atoms with van der Waals surface area (Å²) in [6.45, 7) is 3.69. The molecular weight excluding hydrogens is 557 g/mol. The monoisotopic (exact) mass is 588 g/mol. The fourth-order valence-corrected chi connectivity index (χ4v) is 6.84. The van der Waals surface area contributed by atoms with Crippen molar-refractivity contribution >= 4 is 27.5 Å². The van der Waals surface area contributed by atoms with E-state index in [1.54, 1.807) is 0 Å². The van der Waals surface area contributed by atoms with E-state index in [1.165, 1.54) is 30.5 Å². The molecule has 2 aromatic heterocycles. The molecule has 222 valence electrons. The normalized spacial score (nSPS) is 25.5. The minimum Gasteiger partial charge on any atom is -0.508 e. The van der Waals surface area contributed by atoms with Gasteiger partial charge in [0.25, 0.3) is 0 Å². The number of alkyl halides is 1. The number of phenolic OH excluding ortho intramolecular Hbond substituents is 1. The SMILES string of the molecule is C#Cc1c(F)ccc2cc(O)cc(-c3ncc4c(N5C[C@H]6CC[C@@H](C5)N6)nc(OC[C@]5(C)C[C@@H](F)CN5C)nc4c3F)c12. The Kier molecular flexibility index (Phi) is 6.59. The zero-order chi connectivity index (χ0) is 30.0. The van der Waals surface area contributed by atoms with E-state index in [1.807, 2.05) is 18.9 Å². The summed E-state index contributed by atoms with van der Waals surface area (Å²) >= 11 is 0. The number of pyridine rings is 1. The van der Waals surface area contributed by atoms with Gasteiger partial charge < -0.3 is 20.1 Å². The van der Waals surface area contributed by atoms with Crippen LogP contribution in [0.5, 0.6) is 11.8 Å². The number of benzene rings is 2. The Morgan fingerprint density at radius 2 is 1.93 bits per heavy atom. The Balaban J connectivity index is 1.39. The maximum atomic E-state index is 16.6. The fourth-order valence-electron chi connectivity index (χ4n) is 6.84. The number of hydrogen-bond acceptors (Lipinski definition) is 8. The van der Waals surface area contributed by atoms with Gasteiger partial charge in [-0.3, -0.25) is 9.88 Å². The number of ether oxygens (including phenoxy) is 1. The van der Waals surface area contributed by atoms with Crippen molar-refractivity contribution in [3.05, 3.63) is 47.7 Å². The number of terminal acetylenes is 1. The standard InChI is InChI=1S/C32H31F3N6O2/c1-4-22-25(34)8-5-17-9-21(42)10-23(26(17)22)28-27(35)29-24(12-36-28)30(41-14-19-6-7-20(15-41)37-19)39-31(38-29)43-16-32(2)11-18(33)13-40(32)3/h1,5,8-10,12,18-20,37,42H,6-7,11,13-16H2,2-3H3/t18-,19-,20+,32+/m1/s1. The highest BCUT2D eigenvalue weighted by molar-refractivity contribution is 6.03. The number of aromatic hydroxyl groups is 1. The van der Waals surface area contributed by atoms with E-state index in [0.717, 1.165) is 12.8 Å². The van der Waals surface area contributed by atoms with Crippen LogP contribution in [0, 0.1) is 24.0 Å². The largest absolute Gasteiger partial charge is 0.508 e. The van der Waals surface area contributed by atoms with Crippen LogP contribution < -0.4 is 15.0 Å². The van der Waals surface area contributed by atoms with Crippen LogP contribution in [0.4, 0.5) is 19.0 Å². The van der Waals surface area contributed by atoms with Gasteiger partial charge in [0.1, 0.15) is 41.4 Å². The molecule has 4 aromatic rings. The van der Waals surface area contributed by atoms with E-state index < -0.39 is 23.3 Å². The van der Waals surface area contributed by atoms with Gasteiger partial charge in [-0.2, -0.15) is 9.97 Å². The second-order valence-electron chi connectivity index (χ2n) is 12.2. The molecule has 0 saturated carbocycles. The molecule has 2 bridgehead atoms. The van der Waals surface area contributed by atoms with Gasteiger partial charge in [0, 0.05) is 55.3 Å². The summed E-state index contributed by atoms with van der Waals surface area (Å²) < 4.78 is 51.7. The van der Waals surface area contributed by atoms with E-state index in [4.69, 9.17) is 16.1 Å². The molecule has 5 heterocycles. The lowest BCUT2D eigenvalue weighted by atomic mass is 9.96. The third-order valence-corrected chi connectivity index (χ3v) is 9.18. The average molecular weight is 589 g/mol. The van der Waals surface area contributed by atoms with Crippen molar-refractivity contribution in [2.45, 2.75) is 50.0 Å². The van der Waals surface area contributed by atoms with Gasteiger partial charge in [0.2, 0.25) is 0 Å². The van der Waals surface area contributed by atoms with E-state index in [2.05, 4.69) is 26.1 Å². The van der Waals surface area contributed by atoms with Crippen molar-refractivity contribution in [1.82, 2.24) is 25.2 Å². The molecule has 8 nitrogen and oxygen atoms in total. The second kappa shape index (κ2) is 10.2. The van der Waals surface area contributed by atoms with Crippen LogP contribution >= 0.6 is 0 Å². The molecular formula is C32H31F3N6O2. The molecule has 4 atom stereocenters. The fraction of sp³-hybridized carbons (Fsp3) is 0.406. The first kappa shape index (κ1) is 27.7. The lowest BCUT2D eigenvalue weighted by Crippen LogP contribution is -2.51. The molecule has 43 heavy (non-hydrogen) atoms. The first-order chi connectivity index (χ1) is 20.6. The van der Waals surface area contributed by atoms with Crippen molar-refractivity contribution in [3.8, 4) is 35.4 Å². The molecule has 3 fully saturated rings. The van der Waals surface area contributed by atoms with Crippen LogP contribution in [-0.2, 0) is 0 Å². The van der Waals surface area contributed by atoms with Crippen molar-refractivity contribution in [3.63, 3.8) is 0 Å². The molecule has 0 aliphatic carbocycles. The van der Waals surface area contributed by atoms with Crippen molar-refractivity contribution < 1.29 is 23.0 Å². The van der Waals surface area contributed by atoms with Crippen LogP contribution in [-0.4, -0.2) is 82.0 Å². The van der Waals surface area contributed by atoms with Crippen LogP contribution in [0.25, 0.3) is 32.9 Å². The number of rotatable bonds is 5. The highest BCUT2D eigenvalue weighted by atomic mass is 19.1. The number of hydrogen-bond donors (Lipinski definition) is 2. The molecule has 3 aliphatic heterocycles. The van der Waals surface area contributed by atoms with Crippen molar-refractivity contribution in [2.75, 3.05) is 38.2 Å². The molecule has 0 radical (unpaired) electrons. The van der Waals surface area contributed by atoms with Crippen molar-refractivity contribution in [1.29, 1.82) is 0 Å². The number of anilines is 1. The molecule has 7 rings (SSSR count). The topological polar surface area (TPSA) is 86.6 Å². The van der Waals surface area contributed by atoms with E-state index >= 15 is 4.39 Å². The number of fused-ring (bicyclic) bond motifs is 4. The minimum absolute atomic E-state index is 0.0284. The summed E-state index contributed by atoms with van der Waals surface area (Å²) in [5.41, 5.74) is -0.672. The summed E-state index contributed by atoms with van der Waals surface area (Å²) in [5.74, 6) is 1.29.